The summed E-state index contributed by atoms with van der Waals surface area (Å²) < 4.78 is 18.7. The van der Waals surface area contributed by atoms with E-state index < -0.39 is 23.1 Å². The number of piperidine rings is 1. The largest absolute Gasteiger partial charge is 0.483 e. The van der Waals surface area contributed by atoms with Crippen LogP contribution in [0.1, 0.15) is 49.8 Å². The van der Waals surface area contributed by atoms with E-state index in [0.29, 0.717) is 37.2 Å². The summed E-state index contributed by atoms with van der Waals surface area (Å²) in [5.41, 5.74) is 1.29. The number of ether oxygens (including phenoxy) is 3. The van der Waals surface area contributed by atoms with Crippen LogP contribution in [0.4, 0.5) is 0 Å². The first kappa shape index (κ1) is 25.4. The molecule has 0 N–H and O–H groups in total. The molecule has 2 heterocycles. The third kappa shape index (κ3) is 3.67. The van der Waals surface area contributed by atoms with Crippen molar-refractivity contribution < 1.29 is 28.6 Å². The lowest BCUT2D eigenvalue weighted by Crippen LogP contribution is -2.78. The summed E-state index contributed by atoms with van der Waals surface area (Å²) in [5.74, 6) is 5.56. The van der Waals surface area contributed by atoms with Crippen LogP contribution in [0.3, 0.4) is 0 Å². The van der Waals surface area contributed by atoms with E-state index in [1.165, 1.54) is 13.8 Å². The number of esters is 2. The van der Waals surface area contributed by atoms with Crippen molar-refractivity contribution in [1.82, 2.24) is 9.80 Å². The molecule has 1 spiro atoms. The Balaban J connectivity index is 1.48. The molecule has 0 unspecified atom stereocenters. The average Bonchev–Trinajstić information content (AvgIpc) is 3.26. The van der Waals surface area contributed by atoms with Crippen molar-refractivity contribution in [2.75, 3.05) is 20.6 Å². The summed E-state index contributed by atoms with van der Waals surface area (Å²) in [6, 6.07) is 12.8. The molecule has 1 amide bonds. The van der Waals surface area contributed by atoms with Crippen LogP contribution < -0.4 is 9.47 Å². The third-order valence-electron chi connectivity index (χ3n) is 9.13. The molecule has 2 aliphatic heterocycles. The van der Waals surface area contributed by atoms with Gasteiger partial charge in [-0.25, -0.2) is 0 Å². The van der Waals surface area contributed by atoms with E-state index >= 15 is 0 Å². The second-order valence-corrected chi connectivity index (χ2v) is 11.1. The molecule has 5 atom stereocenters. The highest BCUT2D eigenvalue weighted by Gasteiger charge is 2.75. The van der Waals surface area contributed by atoms with E-state index in [1.54, 1.807) is 18.0 Å². The van der Waals surface area contributed by atoms with Gasteiger partial charge < -0.3 is 19.1 Å². The number of likely N-dealkylation sites (tertiary alicyclic amines) is 1. The van der Waals surface area contributed by atoms with E-state index in [4.69, 9.17) is 14.2 Å². The van der Waals surface area contributed by atoms with Crippen LogP contribution in [-0.2, 0) is 31.0 Å². The van der Waals surface area contributed by atoms with E-state index in [1.807, 2.05) is 36.4 Å². The maximum Gasteiger partial charge on any atom is 0.308 e. The fourth-order valence-electron chi connectivity index (χ4n) is 7.67. The Bertz CT molecular complexity index is 1430. The fraction of sp³-hybridized carbons (Fsp3) is 0.452. The third-order valence-corrected chi connectivity index (χ3v) is 9.13. The van der Waals surface area contributed by atoms with Gasteiger partial charge in [-0.1, -0.05) is 30.2 Å². The van der Waals surface area contributed by atoms with Crippen molar-refractivity contribution in [3.05, 3.63) is 59.2 Å². The molecule has 4 aliphatic rings. The fourth-order valence-corrected chi connectivity index (χ4v) is 7.67. The first-order valence-corrected chi connectivity index (χ1v) is 13.4. The van der Waals surface area contributed by atoms with Crippen LogP contribution >= 0.6 is 0 Å². The number of amides is 1. The normalized spacial score (nSPS) is 29.7. The highest BCUT2D eigenvalue weighted by Crippen LogP contribution is 2.67. The highest BCUT2D eigenvalue weighted by molar-refractivity contribution is 5.94. The maximum absolute atomic E-state index is 13.4. The van der Waals surface area contributed by atoms with Crippen LogP contribution in [0.15, 0.2) is 42.5 Å². The van der Waals surface area contributed by atoms with E-state index in [2.05, 4.69) is 23.8 Å². The molecule has 8 nitrogen and oxygen atoms in total. The van der Waals surface area contributed by atoms with Gasteiger partial charge >= 0.3 is 11.9 Å². The average molecular weight is 529 g/mol. The molecule has 0 aromatic heterocycles. The molecule has 2 aliphatic carbocycles. The van der Waals surface area contributed by atoms with E-state index in [0.717, 1.165) is 23.2 Å². The summed E-state index contributed by atoms with van der Waals surface area (Å²) in [5, 5.41) is 0. The summed E-state index contributed by atoms with van der Waals surface area (Å²) >= 11 is 0. The van der Waals surface area contributed by atoms with Crippen molar-refractivity contribution in [2.24, 2.45) is 0 Å². The maximum atomic E-state index is 13.4. The van der Waals surface area contributed by atoms with E-state index in [9.17, 15) is 14.4 Å². The number of benzene rings is 2. The number of carbonyl (C=O) groups is 3. The molecule has 6 rings (SSSR count). The minimum Gasteiger partial charge on any atom is -0.483 e. The lowest BCUT2D eigenvalue weighted by atomic mass is 9.48. The number of nitrogens with zero attached hydrogens (tertiary/aromatic N) is 2. The summed E-state index contributed by atoms with van der Waals surface area (Å²) in [4.78, 5) is 42.0. The zero-order chi connectivity index (χ0) is 27.5. The van der Waals surface area contributed by atoms with Crippen LogP contribution in [0.25, 0.3) is 0 Å². The first-order valence-electron chi connectivity index (χ1n) is 13.4. The molecule has 0 radical (unpaired) electrons. The minimum absolute atomic E-state index is 0.0425. The predicted octanol–water partition coefficient (Wildman–Crippen LogP) is 2.85. The van der Waals surface area contributed by atoms with Gasteiger partial charge in [-0.3, -0.25) is 19.3 Å². The Hall–Kier alpha value is -3.83. The van der Waals surface area contributed by atoms with Crippen LogP contribution in [0.5, 0.6) is 11.5 Å². The topological polar surface area (TPSA) is 85.4 Å². The summed E-state index contributed by atoms with van der Waals surface area (Å²) in [6.07, 6.45) is 2.01. The molecule has 202 valence electrons. The number of hydrogen-bond donors (Lipinski definition) is 0. The quantitative estimate of drug-likeness (QED) is 0.344. The standard InChI is InChI=1S/C31H32N2O6/c1-19(34)37-24-12-11-22-18-25-31(39-20(2)35)15-14-23(33(4)26(36)13-10-21-8-6-5-7-9-21)29-30(31,16-17-32(25)3)27(22)28(24)38-29/h5-9,11-12,23,25,29H,14-18H2,1-4H3/t23-,25-,29+,30+,31-/m1/s1. The molecular formula is C31H32N2O6. The second kappa shape index (κ2) is 9.13. The molecule has 39 heavy (non-hydrogen) atoms. The zero-order valence-electron chi connectivity index (χ0n) is 22.7. The number of rotatable bonds is 3. The van der Waals surface area contributed by atoms with E-state index in [-0.39, 0.29) is 24.0 Å². The number of likely N-dealkylation sites (N-methyl/N-ethyl adjacent to an activating group) is 2. The van der Waals surface area contributed by atoms with Gasteiger partial charge in [0.1, 0.15) is 11.7 Å². The van der Waals surface area contributed by atoms with Gasteiger partial charge in [-0.15, -0.1) is 0 Å². The van der Waals surface area contributed by atoms with Crippen LogP contribution in [0.2, 0.25) is 0 Å². The Labute approximate surface area is 228 Å². The Morgan fingerprint density at radius 3 is 2.56 bits per heavy atom. The monoisotopic (exact) mass is 528 g/mol. The van der Waals surface area contributed by atoms with Crippen LogP contribution in [0, 0.1) is 11.8 Å². The molecule has 2 aromatic carbocycles. The second-order valence-electron chi connectivity index (χ2n) is 11.1. The lowest BCUT2D eigenvalue weighted by molar-refractivity contribution is -0.220. The summed E-state index contributed by atoms with van der Waals surface area (Å²) in [6.45, 7) is 3.60. The Morgan fingerprint density at radius 1 is 1.08 bits per heavy atom. The van der Waals surface area contributed by atoms with Gasteiger partial charge in [-0.05, 0) is 63.0 Å². The minimum atomic E-state index is -0.834. The van der Waals surface area contributed by atoms with Crippen LogP contribution in [-0.4, -0.2) is 72.1 Å². The van der Waals surface area contributed by atoms with Gasteiger partial charge in [0.05, 0.1) is 17.5 Å². The van der Waals surface area contributed by atoms with Gasteiger partial charge in [0.25, 0.3) is 5.91 Å². The molecule has 1 saturated carbocycles. The lowest BCUT2D eigenvalue weighted by Gasteiger charge is -2.65. The summed E-state index contributed by atoms with van der Waals surface area (Å²) in [7, 11) is 3.84. The van der Waals surface area contributed by atoms with Crippen molar-refractivity contribution in [3.63, 3.8) is 0 Å². The molecule has 2 aromatic rings. The highest BCUT2D eigenvalue weighted by atomic mass is 16.6. The predicted molar refractivity (Wildman–Crippen MR) is 142 cm³/mol. The van der Waals surface area contributed by atoms with Gasteiger partial charge in [0, 0.05) is 37.9 Å². The molecule has 2 bridgehead atoms. The van der Waals surface area contributed by atoms with Gasteiger partial charge in [0.15, 0.2) is 11.5 Å². The Kier molecular flexibility index (Phi) is 5.96. The smallest absolute Gasteiger partial charge is 0.308 e. The Morgan fingerprint density at radius 2 is 1.85 bits per heavy atom. The SMILES string of the molecule is CC(=O)Oc1ccc2c3c1O[C@H]1[C@H](N(C)C(=O)C#Cc4ccccc4)CC[C@@]4(OC(C)=O)[C@@H](C2)N(C)CC[C@]314. The molecular weight excluding hydrogens is 496 g/mol. The van der Waals surface area contributed by atoms with Crippen molar-refractivity contribution in [3.8, 4) is 23.3 Å². The van der Waals surface area contributed by atoms with Gasteiger partial charge in [-0.2, -0.15) is 0 Å². The van der Waals surface area contributed by atoms with Crippen molar-refractivity contribution in [1.29, 1.82) is 0 Å². The molecule has 2 fully saturated rings. The number of carbonyl (C=O) groups excluding carboxylic acids is 3. The zero-order valence-corrected chi connectivity index (χ0v) is 22.7. The first-order chi connectivity index (χ1) is 18.7. The number of hydrogen-bond acceptors (Lipinski definition) is 7. The molecule has 8 heteroatoms. The molecule has 1 saturated heterocycles. The van der Waals surface area contributed by atoms with Crippen molar-refractivity contribution in [2.45, 2.75) is 68.7 Å². The van der Waals surface area contributed by atoms with Crippen molar-refractivity contribution >= 4 is 17.8 Å². The van der Waals surface area contributed by atoms with Gasteiger partial charge in [0.2, 0.25) is 0 Å².